The van der Waals surface area contributed by atoms with E-state index in [9.17, 15) is 0 Å². The normalized spacial score (nSPS) is 10.7. The molecule has 0 saturated heterocycles. The van der Waals surface area contributed by atoms with Gasteiger partial charge in [-0.1, -0.05) is 51.9 Å². The number of unbranched alkanes of at least 4 members (excludes halogenated alkanes) is 7. The molecule has 3 nitrogen and oxygen atoms in total. The molecule has 0 amide bonds. The molecule has 0 aromatic heterocycles. The Morgan fingerprint density at radius 1 is 0.727 bits per heavy atom. The van der Waals surface area contributed by atoms with Crippen molar-refractivity contribution in [2.45, 2.75) is 64.9 Å². The van der Waals surface area contributed by atoms with E-state index in [1.54, 1.807) is 14.2 Å². The van der Waals surface area contributed by atoms with E-state index in [0.29, 0.717) is 6.61 Å². The van der Waals surface area contributed by atoms with Gasteiger partial charge in [-0.25, -0.2) is 0 Å². The van der Waals surface area contributed by atoms with Crippen molar-refractivity contribution in [3.8, 4) is 11.5 Å². The molecule has 0 atom stereocenters. The van der Waals surface area contributed by atoms with E-state index < -0.39 is 0 Å². The van der Waals surface area contributed by atoms with Crippen molar-refractivity contribution in [2.75, 3.05) is 20.8 Å². The van der Waals surface area contributed by atoms with Gasteiger partial charge in [-0.15, -0.1) is 0 Å². The molecular formula is C19H32O3. The highest BCUT2D eigenvalue weighted by Gasteiger charge is 2.02. The number of hydrogen-bond acceptors (Lipinski definition) is 3. The van der Waals surface area contributed by atoms with E-state index in [4.69, 9.17) is 14.2 Å². The molecule has 0 bridgehead atoms. The second-order valence-electron chi connectivity index (χ2n) is 5.75. The summed E-state index contributed by atoms with van der Waals surface area (Å²) in [6.45, 7) is 3.70. The SMILES string of the molecule is CCCCCCCCCCOCc1cc(OC)cc(OC)c1. The molecule has 3 heteroatoms. The molecule has 0 saturated carbocycles. The Morgan fingerprint density at radius 2 is 1.27 bits per heavy atom. The maximum atomic E-state index is 5.75. The van der Waals surface area contributed by atoms with Gasteiger partial charge in [0.15, 0.2) is 0 Å². The van der Waals surface area contributed by atoms with Gasteiger partial charge in [0, 0.05) is 12.7 Å². The van der Waals surface area contributed by atoms with Crippen molar-refractivity contribution < 1.29 is 14.2 Å². The van der Waals surface area contributed by atoms with Crippen LogP contribution in [0.4, 0.5) is 0 Å². The van der Waals surface area contributed by atoms with E-state index in [-0.39, 0.29) is 0 Å². The minimum absolute atomic E-state index is 0.615. The Bertz CT molecular complexity index is 368. The average molecular weight is 308 g/mol. The van der Waals surface area contributed by atoms with Crippen LogP contribution in [0.25, 0.3) is 0 Å². The predicted molar refractivity (Wildman–Crippen MR) is 91.8 cm³/mol. The van der Waals surface area contributed by atoms with Crippen LogP contribution in [0.2, 0.25) is 0 Å². The average Bonchev–Trinajstić information content (AvgIpc) is 2.56. The number of benzene rings is 1. The van der Waals surface area contributed by atoms with Crippen molar-refractivity contribution in [1.29, 1.82) is 0 Å². The smallest absolute Gasteiger partial charge is 0.122 e. The van der Waals surface area contributed by atoms with Crippen LogP contribution in [0.5, 0.6) is 11.5 Å². The molecule has 126 valence electrons. The van der Waals surface area contributed by atoms with Gasteiger partial charge in [0.05, 0.1) is 20.8 Å². The summed E-state index contributed by atoms with van der Waals surface area (Å²) in [7, 11) is 3.33. The third kappa shape index (κ3) is 8.28. The summed E-state index contributed by atoms with van der Waals surface area (Å²) in [5.41, 5.74) is 1.09. The number of ether oxygens (including phenoxy) is 3. The summed E-state index contributed by atoms with van der Waals surface area (Å²) in [6, 6.07) is 5.87. The van der Waals surface area contributed by atoms with Crippen molar-refractivity contribution >= 4 is 0 Å². The van der Waals surface area contributed by atoms with Gasteiger partial charge in [-0.05, 0) is 24.1 Å². The molecule has 0 fully saturated rings. The molecule has 0 aliphatic carbocycles. The lowest BCUT2D eigenvalue weighted by atomic mass is 10.1. The monoisotopic (exact) mass is 308 g/mol. The second-order valence-corrected chi connectivity index (χ2v) is 5.75. The summed E-state index contributed by atoms with van der Waals surface area (Å²) in [4.78, 5) is 0. The number of hydrogen-bond donors (Lipinski definition) is 0. The first kappa shape index (κ1) is 18.8. The Hall–Kier alpha value is -1.22. The molecule has 1 rings (SSSR count). The Labute approximate surface area is 136 Å². The predicted octanol–water partition coefficient (Wildman–Crippen LogP) is 5.36. The fraction of sp³-hybridized carbons (Fsp3) is 0.684. The van der Waals surface area contributed by atoms with Gasteiger partial charge < -0.3 is 14.2 Å². The second kappa shape index (κ2) is 12.3. The molecule has 0 aliphatic heterocycles. The summed E-state index contributed by atoms with van der Waals surface area (Å²) in [5, 5.41) is 0. The molecular weight excluding hydrogens is 276 g/mol. The van der Waals surface area contributed by atoms with Crippen molar-refractivity contribution in [1.82, 2.24) is 0 Å². The Kier molecular flexibility index (Phi) is 10.6. The van der Waals surface area contributed by atoms with E-state index >= 15 is 0 Å². The van der Waals surface area contributed by atoms with Crippen LogP contribution in [0.3, 0.4) is 0 Å². The standard InChI is InChI=1S/C19H32O3/c1-4-5-6-7-8-9-10-11-12-22-16-17-13-18(20-2)15-19(14-17)21-3/h13-15H,4-12,16H2,1-3H3. The minimum Gasteiger partial charge on any atom is -0.497 e. The molecule has 0 heterocycles. The van der Waals surface area contributed by atoms with E-state index in [1.807, 2.05) is 18.2 Å². The highest BCUT2D eigenvalue weighted by molar-refractivity contribution is 5.38. The van der Waals surface area contributed by atoms with Gasteiger partial charge in [-0.3, -0.25) is 0 Å². The highest BCUT2D eigenvalue weighted by Crippen LogP contribution is 2.23. The lowest BCUT2D eigenvalue weighted by molar-refractivity contribution is 0.116. The summed E-state index contributed by atoms with van der Waals surface area (Å²) >= 11 is 0. The van der Waals surface area contributed by atoms with Crippen LogP contribution in [-0.2, 0) is 11.3 Å². The van der Waals surface area contributed by atoms with Gasteiger partial charge in [0.2, 0.25) is 0 Å². The van der Waals surface area contributed by atoms with Crippen molar-refractivity contribution in [3.63, 3.8) is 0 Å². The first-order chi connectivity index (χ1) is 10.8. The van der Waals surface area contributed by atoms with Gasteiger partial charge in [0.1, 0.15) is 11.5 Å². The highest BCUT2D eigenvalue weighted by atomic mass is 16.5. The van der Waals surface area contributed by atoms with E-state index in [0.717, 1.165) is 30.1 Å². The first-order valence-electron chi connectivity index (χ1n) is 8.59. The zero-order valence-electron chi connectivity index (χ0n) is 14.5. The molecule has 1 aromatic carbocycles. The Morgan fingerprint density at radius 3 is 1.82 bits per heavy atom. The summed E-state index contributed by atoms with van der Waals surface area (Å²) in [5.74, 6) is 1.62. The molecule has 1 aromatic rings. The maximum absolute atomic E-state index is 5.75. The van der Waals surface area contributed by atoms with Crippen LogP contribution in [0, 0.1) is 0 Å². The molecule has 0 aliphatic rings. The van der Waals surface area contributed by atoms with Crippen LogP contribution < -0.4 is 9.47 Å². The molecule has 0 N–H and O–H groups in total. The van der Waals surface area contributed by atoms with Crippen molar-refractivity contribution in [3.05, 3.63) is 23.8 Å². The van der Waals surface area contributed by atoms with Crippen LogP contribution in [0.15, 0.2) is 18.2 Å². The van der Waals surface area contributed by atoms with Crippen LogP contribution in [0.1, 0.15) is 63.9 Å². The molecule has 0 spiro atoms. The van der Waals surface area contributed by atoms with E-state index in [2.05, 4.69) is 6.92 Å². The fourth-order valence-electron chi connectivity index (χ4n) is 2.48. The summed E-state index contributed by atoms with van der Waals surface area (Å²) < 4.78 is 16.3. The summed E-state index contributed by atoms with van der Waals surface area (Å²) in [6.07, 6.45) is 10.6. The minimum atomic E-state index is 0.615. The number of methoxy groups -OCH3 is 2. The zero-order chi connectivity index (χ0) is 16.0. The van der Waals surface area contributed by atoms with Gasteiger partial charge >= 0.3 is 0 Å². The topological polar surface area (TPSA) is 27.7 Å². The quantitative estimate of drug-likeness (QED) is 0.459. The van der Waals surface area contributed by atoms with Crippen molar-refractivity contribution in [2.24, 2.45) is 0 Å². The third-order valence-electron chi connectivity index (χ3n) is 3.82. The largest absolute Gasteiger partial charge is 0.497 e. The fourth-order valence-corrected chi connectivity index (χ4v) is 2.48. The maximum Gasteiger partial charge on any atom is 0.122 e. The number of rotatable bonds is 13. The van der Waals surface area contributed by atoms with Gasteiger partial charge in [0.25, 0.3) is 0 Å². The van der Waals surface area contributed by atoms with Crippen LogP contribution >= 0.6 is 0 Å². The molecule has 0 radical (unpaired) electrons. The first-order valence-corrected chi connectivity index (χ1v) is 8.59. The molecule has 0 unspecified atom stereocenters. The third-order valence-corrected chi connectivity index (χ3v) is 3.82. The Balaban J connectivity index is 2.09. The lowest BCUT2D eigenvalue weighted by Gasteiger charge is -2.09. The zero-order valence-corrected chi connectivity index (χ0v) is 14.5. The van der Waals surface area contributed by atoms with Gasteiger partial charge in [-0.2, -0.15) is 0 Å². The molecule has 22 heavy (non-hydrogen) atoms. The van der Waals surface area contributed by atoms with Crippen LogP contribution in [-0.4, -0.2) is 20.8 Å². The lowest BCUT2D eigenvalue weighted by Crippen LogP contribution is -1.97. The van der Waals surface area contributed by atoms with E-state index in [1.165, 1.54) is 44.9 Å².